The molecule has 1 aliphatic heterocycles. The molecule has 0 aromatic carbocycles. The van der Waals surface area contributed by atoms with Gasteiger partial charge in [-0.05, 0) is 12.1 Å². The van der Waals surface area contributed by atoms with Gasteiger partial charge in [0.15, 0.2) is 0 Å². The fourth-order valence-electron chi connectivity index (χ4n) is 2.03. The van der Waals surface area contributed by atoms with Crippen LogP contribution in [-0.2, 0) is 14.3 Å². The molecular weight excluding hydrogens is 280 g/mol. The molecule has 6 nitrogen and oxygen atoms in total. The number of thioether (sulfide) groups is 1. The molecule has 2 atom stereocenters. The first-order chi connectivity index (χ1) is 9.59. The van der Waals surface area contributed by atoms with Crippen molar-refractivity contribution in [1.29, 1.82) is 0 Å². The molecule has 7 heteroatoms. The lowest BCUT2D eigenvalue weighted by molar-refractivity contribution is -0.144. The SMILES string of the molecule is CN(C(=O)CSc1ccncc1)C1COCC1C(=O)O. The Morgan fingerprint density at radius 1 is 1.45 bits per heavy atom. The summed E-state index contributed by atoms with van der Waals surface area (Å²) in [6.07, 6.45) is 3.34. The Bertz CT molecular complexity index is 483. The Hall–Kier alpha value is -1.60. The van der Waals surface area contributed by atoms with E-state index in [1.807, 2.05) is 12.1 Å². The van der Waals surface area contributed by atoms with Crippen molar-refractivity contribution in [2.75, 3.05) is 26.0 Å². The van der Waals surface area contributed by atoms with E-state index in [0.29, 0.717) is 0 Å². The Morgan fingerprint density at radius 3 is 2.80 bits per heavy atom. The molecule has 108 valence electrons. The van der Waals surface area contributed by atoms with Crippen LogP contribution in [0.4, 0.5) is 0 Å². The van der Waals surface area contributed by atoms with Crippen LogP contribution in [-0.4, -0.2) is 58.9 Å². The standard InChI is InChI=1S/C13H16N2O4S/c1-15(11-7-19-6-10(11)13(17)18)12(16)8-20-9-2-4-14-5-3-9/h2-5,10-11H,6-8H2,1H3,(H,17,18). The van der Waals surface area contributed by atoms with Crippen LogP contribution in [0.3, 0.4) is 0 Å². The molecule has 0 aliphatic carbocycles. The number of carboxylic acid groups (broad SMARTS) is 1. The third kappa shape index (κ3) is 3.49. The average Bonchev–Trinajstić information content (AvgIpc) is 2.94. The van der Waals surface area contributed by atoms with Gasteiger partial charge in [0, 0.05) is 24.3 Å². The molecule has 1 aliphatic rings. The van der Waals surface area contributed by atoms with Crippen molar-refractivity contribution in [1.82, 2.24) is 9.88 Å². The van der Waals surface area contributed by atoms with Gasteiger partial charge in [-0.1, -0.05) is 0 Å². The highest BCUT2D eigenvalue weighted by atomic mass is 32.2. The molecular formula is C13H16N2O4S. The van der Waals surface area contributed by atoms with Crippen molar-refractivity contribution in [2.45, 2.75) is 10.9 Å². The summed E-state index contributed by atoms with van der Waals surface area (Å²) in [5, 5.41) is 9.09. The third-order valence-corrected chi connectivity index (χ3v) is 4.27. The minimum Gasteiger partial charge on any atom is -0.481 e. The first kappa shape index (κ1) is 14.8. The van der Waals surface area contributed by atoms with Crippen LogP contribution in [0.2, 0.25) is 0 Å². The summed E-state index contributed by atoms with van der Waals surface area (Å²) in [4.78, 5) is 29.6. The van der Waals surface area contributed by atoms with Crippen LogP contribution < -0.4 is 0 Å². The summed E-state index contributed by atoms with van der Waals surface area (Å²) in [6.45, 7) is 0.439. The maximum absolute atomic E-state index is 12.1. The van der Waals surface area contributed by atoms with E-state index < -0.39 is 17.9 Å². The van der Waals surface area contributed by atoms with Gasteiger partial charge >= 0.3 is 5.97 Å². The van der Waals surface area contributed by atoms with Crippen LogP contribution in [0.15, 0.2) is 29.4 Å². The van der Waals surface area contributed by atoms with Crippen molar-refractivity contribution in [3.05, 3.63) is 24.5 Å². The van der Waals surface area contributed by atoms with Crippen molar-refractivity contribution >= 4 is 23.6 Å². The lowest BCUT2D eigenvalue weighted by Crippen LogP contribution is -2.44. The molecule has 1 aromatic rings. The van der Waals surface area contributed by atoms with Crippen molar-refractivity contribution in [2.24, 2.45) is 5.92 Å². The number of aromatic nitrogens is 1. The summed E-state index contributed by atoms with van der Waals surface area (Å²) in [6, 6.07) is 3.27. The number of carbonyl (C=O) groups is 2. The Balaban J connectivity index is 1.90. The molecule has 1 saturated heterocycles. The van der Waals surface area contributed by atoms with E-state index in [2.05, 4.69) is 4.98 Å². The quantitative estimate of drug-likeness (QED) is 0.807. The number of amides is 1. The van der Waals surface area contributed by atoms with Crippen LogP contribution in [0.25, 0.3) is 0 Å². The smallest absolute Gasteiger partial charge is 0.311 e. The highest BCUT2D eigenvalue weighted by molar-refractivity contribution is 8.00. The zero-order valence-corrected chi connectivity index (χ0v) is 11.9. The second kappa shape index (κ2) is 6.71. The molecule has 1 aromatic heterocycles. The fraction of sp³-hybridized carbons (Fsp3) is 0.462. The van der Waals surface area contributed by atoms with Gasteiger partial charge in [-0.25, -0.2) is 0 Å². The number of hydrogen-bond acceptors (Lipinski definition) is 5. The highest BCUT2D eigenvalue weighted by Crippen LogP contribution is 2.21. The maximum Gasteiger partial charge on any atom is 0.311 e. The highest BCUT2D eigenvalue weighted by Gasteiger charge is 2.38. The molecule has 1 amide bonds. The second-order valence-electron chi connectivity index (χ2n) is 4.53. The average molecular weight is 296 g/mol. The van der Waals surface area contributed by atoms with Gasteiger partial charge in [-0.2, -0.15) is 0 Å². The second-order valence-corrected chi connectivity index (χ2v) is 5.57. The molecule has 0 saturated carbocycles. The molecule has 2 rings (SSSR count). The van der Waals surface area contributed by atoms with Crippen LogP contribution in [0, 0.1) is 5.92 Å². The van der Waals surface area contributed by atoms with Gasteiger partial charge < -0.3 is 14.7 Å². The van der Waals surface area contributed by atoms with Gasteiger partial charge in [0.25, 0.3) is 0 Å². The van der Waals surface area contributed by atoms with Crippen molar-refractivity contribution in [3.8, 4) is 0 Å². The number of nitrogens with zero attached hydrogens (tertiary/aromatic N) is 2. The molecule has 0 spiro atoms. The van der Waals surface area contributed by atoms with E-state index in [4.69, 9.17) is 9.84 Å². The summed E-state index contributed by atoms with van der Waals surface area (Å²) in [5.41, 5.74) is 0. The Morgan fingerprint density at radius 2 is 2.15 bits per heavy atom. The van der Waals surface area contributed by atoms with Gasteiger partial charge in [0.2, 0.25) is 5.91 Å². The van der Waals surface area contributed by atoms with Gasteiger partial charge in [-0.15, -0.1) is 11.8 Å². The minimum absolute atomic E-state index is 0.103. The molecule has 2 unspecified atom stereocenters. The summed E-state index contributed by atoms with van der Waals surface area (Å²) in [5.74, 6) is -1.40. The molecule has 0 radical (unpaired) electrons. The number of likely N-dealkylation sites (N-methyl/N-ethyl adjacent to an activating group) is 1. The summed E-state index contributed by atoms with van der Waals surface area (Å²) in [7, 11) is 1.63. The molecule has 1 fully saturated rings. The third-order valence-electron chi connectivity index (χ3n) is 3.27. The van der Waals surface area contributed by atoms with E-state index in [1.54, 1.807) is 19.4 Å². The number of aliphatic carboxylic acids is 1. The van der Waals surface area contributed by atoms with E-state index >= 15 is 0 Å². The maximum atomic E-state index is 12.1. The van der Waals surface area contributed by atoms with E-state index in [1.165, 1.54) is 16.7 Å². The number of hydrogen-bond donors (Lipinski definition) is 1. The molecule has 1 N–H and O–H groups in total. The van der Waals surface area contributed by atoms with Gasteiger partial charge in [0.1, 0.15) is 5.92 Å². The minimum atomic E-state index is -0.922. The zero-order valence-electron chi connectivity index (χ0n) is 11.1. The fourth-order valence-corrected chi connectivity index (χ4v) is 2.83. The van der Waals surface area contributed by atoms with Crippen molar-refractivity contribution in [3.63, 3.8) is 0 Å². The Labute approximate surface area is 121 Å². The zero-order chi connectivity index (χ0) is 14.5. The van der Waals surface area contributed by atoms with Gasteiger partial charge in [-0.3, -0.25) is 14.6 Å². The number of carboxylic acids is 1. The molecule has 20 heavy (non-hydrogen) atoms. The predicted octanol–water partition coefficient (Wildman–Crippen LogP) is 0.732. The number of rotatable bonds is 5. The lowest BCUT2D eigenvalue weighted by atomic mass is 10.0. The molecule has 0 bridgehead atoms. The van der Waals surface area contributed by atoms with Crippen LogP contribution >= 0.6 is 11.8 Å². The van der Waals surface area contributed by atoms with E-state index in [0.717, 1.165) is 4.90 Å². The van der Waals surface area contributed by atoms with Crippen LogP contribution in [0.5, 0.6) is 0 Å². The lowest BCUT2D eigenvalue weighted by Gasteiger charge is -2.26. The number of ether oxygens (including phenoxy) is 1. The van der Waals surface area contributed by atoms with Gasteiger partial charge in [0.05, 0.1) is 25.0 Å². The van der Waals surface area contributed by atoms with E-state index in [9.17, 15) is 9.59 Å². The first-order valence-electron chi connectivity index (χ1n) is 6.18. The number of carbonyl (C=O) groups excluding carboxylic acids is 1. The largest absolute Gasteiger partial charge is 0.481 e. The molecule has 2 heterocycles. The summed E-state index contributed by atoms with van der Waals surface area (Å²) < 4.78 is 5.18. The monoisotopic (exact) mass is 296 g/mol. The number of pyridine rings is 1. The summed E-state index contributed by atoms with van der Waals surface area (Å²) >= 11 is 1.41. The topological polar surface area (TPSA) is 79.7 Å². The van der Waals surface area contributed by atoms with Crippen LogP contribution in [0.1, 0.15) is 0 Å². The van der Waals surface area contributed by atoms with E-state index in [-0.39, 0.29) is 24.9 Å². The Kier molecular flexibility index (Phi) is 4.97. The first-order valence-corrected chi connectivity index (χ1v) is 7.17. The predicted molar refractivity (Wildman–Crippen MR) is 73.5 cm³/mol. The van der Waals surface area contributed by atoms with Crippen molar-refractivity contribution < 1.29 is 19.4 Å². The normalized spacial score (nSPS) is 21.6.